The summed E-state index contributed by atoms with van der Waals surface area (Å²) in [5.74, 6) is -0.671. The Balaban J connectivity index is 2.39. The fourth-order valence-electron chi connectivity index (χ4n) is 3.09. The van der Waals surface area contributed by atoms with Crippen molar-refractivity contribution in [3.8, 4) is 0 Å². The summed E-state index contributed by atoms with van der Waals surface area (Å²) in [6.45, 7) is 5.50. The maximum atomic E-state index is 13.4. The van der Waals surface area contributed by atoms with Gasteiger partial charge in [-0.1, -0.05) is 67.4 Å². The van der Waals surface area contributed by atoms with Crippen LogP contribution in [0.1, 0.15) is 26.3 Å². The predicted molar refractivity (Wildman–Crippen MR) is 133 cm³/mol. The molecule has 0 fully saturated rings. The summed E-state index contributed by atoms with van der Waals surface area (Å²) in [6, 6.07) is 12.5. The second-order valence-electron chi connectivity index (χ2n) is 8.15. The second kappa shape index (κ2) is 11.7. The van der Waals surface area contributed by atoms with Crippen molar-refractivity contribution in [3.05, 3.63) is 64.1 Å². The molecule has 0 heterocycles. The van der Waals surface area contributed by atoms with Crippen LogP contribution in [0.4, 0.5) is 5.69 Å². The van der Waals surface area contributed by atoms with Crippen LogP contribution >= 0.6 is 23.2 Å². The van der Waals surface area contributed by atoms with E-state index in [4.69, 9.17) is 23.2 Å². The zero-order chi connectivity index (χ0) is 24.8. The van der Waals surface area contributed by atoms with Crippen LogP contribution in [0.3, 0.4) is 0 Å². The molecule has 0 aliphatic rings. The summed E-state index contributed by atoms with van der Waals surface area (Å²) < 4.78 is 26.0. The monoisotopic (exact) mass is 513 g/mol. The second-order valence-corrected chi connectivity index (χ2v) is 10.9. The Kier molecular flexibility index (Phi) is 9.57. The highest BCUT2D eigenvalue weighted by Crippen LogP contribution is 2.27. The van der Waals surface area contributed by atoms with Gasteiger partial charge in [0.2, 0.25) is 21.8 Å². The molecule has 7 nitrogen and oxygen atoms in total. The number of carbonyl (C=O) groups is 2. The van der Waals surface area contributed by atoms with Crippen molar-refractivity contribution >= 4 is 50.7 Å². The van der Waals surface area contributed by atoms with Crippen molar-refractivity contribution < 1.29 is 18.0 Å². The van der Waals surface area contributed by atoms with Gasteiger partial charge in [-0.15, -0.1) is 0 Å². The Bertz CT molecular complexity index is 1090. The van der Waals surface area contributed by atoms with Crippen LogP contribution in [0.5, 0.6) is 0 Å². The third-order valence-electron chi connectivity index (χ3n) is 4.95. The first kappa shape index (κ1) is 27.0. The molecular formula is C23H29Cl2N3O4S. The molecular weight excluding hydrogens is 485 g/mol. The van der Waals surface area contributed by atoms with Gasteiger partial charge in [0, 0.05) is 18.1 Å². The number of hydrogen-bond donors (Lipinski definition) is 1. The standard InChI is InChI=1S/C23H29Cl2N3O4S/c1-16(2)13-26-23(30)17(3)27(14-18-9-5-6-10-19(18)24)22(29)15-28(33(4,31)32)21-12-8-7-11-20(21)25/h5-12,16-17H,13-15H2,1-4H3,(H,26,30)/t17-/m1/s1. The van der Waals surface area contributed by atoms with E-state index in [9.17, 15) is 18.0 Å². The van der Waals surface area contributed by atoms with Gasteiger partial charge in [0.1, 0.15) is 12.6 Å². The number of anilines is 1. The van der Waals surface area contributed by atoms with Gasteiger partial charge in [-0.05, 0) is 36.6 Å². The molecule has 0 saturated heterocycles. The molecule has 33 heavy (non-hydrogen) atoms. The number of rotatable bonds is 10. The lowest BCUT2D eigenvalue weighted by atomic mass is 10.1. The number of para-hydroxylation sites is 1. The first-order chi connectivity index (χ1) is 15.4. The van der Waals surface area contributed by atoms with Gasteiger partial charge in [-0.25, -0.2) is 8.42 Å². The number of hydrogen-bond acceptors (Lipinski definition) is 4. The smallest absolute Gasteiger partial charge is 0.244 e. The van der Waals surface area contributed by atoms with Crippen molar-refractivity contribution in [1.82, 2.24) is 10.2 Å². The summed E-state index contributed by atoms with van der Waals surface area (Å²) in [7, 11) is -3.84. The summed E-state index contributed by atoms with van der Waals surface area (Å²) in [4.78, 5) is 27.5. The van der Waals surface area contributed by atoms with Crippen LogP contribution in [-0.2, 0) is 26.2 Å². The maximum absolute atomic E-state index is 13.4. The minimum Gasteiger partial charge on any atom is -0.354 e. The molecule has 0 bridgehead atoms. The molecule has 0 unspecified atom stereocenters. The molecule has 180 valence electrons. The summed E-state index contributed by atoms with van der Waals surface area (Å²) in [6.07, 6.45) is 1.00. The Morgan fingerprint density at radius 2 is 1.55 bits per heavy atom. The van der Waals surface area contributed by atoms with E-state index in [0.717, 1.165) is 10.6 Å². The van der Waals surface area contributed by atoms with E-state index in [0.29, 0.717) is 17.1 Å². The number of halogens is 2. The van der Waals surface area contributed by atoms with E-state index in [-0.39, 0.29) is 29.1 Å². The summed E-state index contributed by atoms with van der Waals surface area (Å²) in [5.41, 5.74) is 0.823. The number of nitrogens with zero attached hydrogens (tertiary/aromatic N) is 2. The minimum absolute atomic E-state index is 0.0366. The molecule has 2 amide bonds. The van der Waals surface area contributed by atoms with E-state index >= 15 is 0 Å². The molecule has 0 radical (unpaired) electrons. The van der Waals surface area contributed by atoms with E-state index in [1.54, 1.807) is 49.4 Å². The average molecular weight is 514 g/mol. The normalized spacial score (nSPS) is 12.3. The van der Waals surface area contributed by atoms with Gasteiger partial charge >= 0.3 is 0 Å². The van der Waals surface area contributed by atoms with Crippen LogP contribution in [0.15, 0.2) is 48.5 Å². The van der Waals surface area contributed by atoms with E-state index in [1.165, 1.54) is 11.0 Å². The number of nitrogens with one attached hydrogen (secondary N) is 1. The molecule has 0 aliphatic heterocycles. The average Bonchev–Trinajstić information content (AvgIpc) is 2.74. The molecule has 0 saturated carbocycles. The van der Waals surface area contributed by atoms with Gasteiger partial charge in [-0.3, -0.25) is 13.9 Å². The topological polar surface area (TPSA) is 86.8 Å². The third kappa shape index (κ3) is 7.62. The number of carbonyl (C=O) groups excluding carboxylic acids is 2. The van der Waals surface area contributed by atoms with E-state index in [1.807, 2.05) is 13.8 Å². The van der Waals surface area contributed by atoms with Gasteiger partial charge < -0.3 is 10.2 Å². The lowest BCUT2D eigenvalue weighted by Crippen LogP contribution is -2.51. The molecule has 2 aromatic carbocycles. The Hall–Kier alpha value is -2.29. The predicted octanol–water partition coefficient (Wildman–Crippen LogP) is 3.95. The van der Waals surface area contributed by atoms with Gasteiger partial charge in [0.15, 0.2) is 0 Å². The molecule has 10 heteroatoms. The Labute approximate surface area is 205 Å². The molecule has 0 aliphatic carbocycles. The highest BCUT2D eigenvalue weighted by Gasteiger charge is 2.31. The zero-order valence-electron chi connectivity index (χ0n) is 19.1. The van der Waals surface area contributed by atoms with Crippen LogP contribution in [-0.4, -0.2) is 50.5 Å². The molecule has 1 N–H and O–H groups in total. The quantitative estimate of drug-likeness (QED) is 0.520. The van der Waals surface area contributed by atoms with Crippen molar-refractivity contribution in [1.29, 1.82) is 0 Å². The fraction of sp³-hybridized carbons (Fsp3) is 0.391. The lowest BCUT2D eigenvalue weighted by molar-refractivity contribution is -0.139. The Morgan fingerprint density at radius 1 is 0.970 bits per heavy atom. The fourth-order valence-corrected chi connectivity index (χ4v) is 4.44. The number of benzene rings is 2. The van der Waals surface area contributed by atoms with E-state index < -0.39 is 28.5 Å². The van der Waals surface area contributed by atoms with Crippen molar-refractivity contribution in [2.45, 2.75) is 33.4 Å². The molecule has 2 rings (SSSR count). The van der Waals surface area contributed by atoms with Crippen LogP contribution in [0, 0.1) is 5.92 Å². The van der Waals surface area contributed by atoms with Gasteiger partial charge in [0.05, 0.1) is 17.0 Å². The Morgan fingerprint density at radius 3 is 2.09 bits per heavy atom. The van der Waals surface area contributed by atoms with Gasteiger partial charge in [-0.2, -0.15) is 0 Å². The third-order valence-corrected chi connectivity index (χ3v) is 6.77. The lowest BCUT2D eigenvalue weighted by Gasteiger charge is -2.32. The maximum Gasteiger partial charge on any atom is 0.244 e. The first-order valence-corrected chi connectivity index (χ1v) is 13.0. The van der Waals surface area contributed by atoms with Crippen LogP contribution in [0.25, 0.3) is 0 Å². The largest absolute Gasteiger partial charge is 0.354 e. The van der Waals surface area contributed by atoms with Crippen LogP contribution < -0.4 is 9.62 Å². The first-order valence-electron chi connectivity index (χ1n) is 10.4. The minimum atomic E-state index is -3.84. The zero-order valence-corrected chi connectivity index (χ0v) is 21.4. The van der Waals surface area contributed by atoms with Crippen molar-refractivity contribution in [3.63, 3.8) is 0 Å². The number of sulfonamides is 1. The molecule has 2 aromatic rings. The van der Waals surface area contributed by atoms with Crippen molar-refractivity contribution in [2.75, 3.05) is 23.7 Å². The van der Waals surface area contributed by atoms with Crippen LogP contribution in [0.2, 0.25) is 10.0 Å². The SMILES string of the molecule is CC(C)CNC(=O)[C@@H](C)N(Cc1ccccc1Cl)C(=O)CN(c1ccccc1Cl)S(C)(=O)=O. The highest BCUT2D eigenvalue weighted by molar-refractivity contribution is 7.92. The van der Waals surface area contributed by atoms with Crippen molar-refractivity contribution in [2.24, 2.45) is 5.92 Å². The molecule has 0 spiro atoms. The highest BCUT2D eigenvalue weighted by atomic mass is 35.5. The summed E-state index contributed by atoms with van der Waals surface area (Å²) >= 11 is 12.5. The van der Waals surface area contributed by atoms with Gasteiger partial charge in [0.25, 0.3) is 0 Å². The molecule has 1 atom stereocenters. The van der Waals surface area contributed by atoms with E-state index in [2.05, 4.69) is 5.32 Å². The molecule has 0 aromatic heterocycles. The summed E-state index contributed by atoms with van der Waals surface area (Å²) in [5, 5.41) is 3.45. The number of amides is 2.